The number of benzene rings is 1. The van der Waals surface area contributed by atoms with Gasteiger partial charge in [0.25, 0.3) is 11.5 Å². The van der Waals surface area contributed by atoms with E-state index in [4.69, 9.17) is 0 Å². The summed E-state index contributed by atoms with van der Waals surface area (Å²) in [6, 6.07) is 9.69. The molecule has 1 unspecified atom stereocenters. The van der Waals surface area contributed by atoms with Crippen LogP contribution in [0.15, 0.2) is 58.5 Å². The minimum absolute atomic E-state index is 0.0279. The summed E-state index contributed by atoms with van der Waals surface area (Å²) in [7, 11) is 0. The Morgan fingerprint density at radius 2 is 2.16 bits per heavy atom. The van der Waals surface area contributed by atoms with Crippen LogP contribution in [0.25, 0.3) is 5.65 Å². The first kappa shape index (κ1) is 15.8. The van der Waals surface area contributed by atoms with Gasteiger partial charge in [-0.1, -0.05) is 18.2 Å². The van der Waals surface area contributed by atoms with Gasteiger partial charge >= 0.3 is 0 Å². The van der Waals surface area contributed by atoms with Crippen LogP contribution < -0.4 is 10.9 Å². The second kappa shape index (κ2) is 6.33. The summed E-state index contributed by atoms with van der Waals surface area (Å²) in [5.41, 5.74) is 0.775. The molecule has 1 amide bonds. The van der Waals surface area contributed by atoms with Crippen LogP contribution in [0.4, 0.5) is 4.39 Å². The lowest BCUT2D eigenvalue weighted by Gasteiger charge is -2.26. The first-order valence-corrected chi connectivity index (χ1v) is 8.82. The van der Waals surface area contributed by atoms with E-state index >= 15 is 0 Å². The SMILES string of the molecule is O=C(NC1CCSc2c(F)cccc21)c1cnc2ccccn2c1=O. The zero-order valence-corrected chi connectivity index (χ0v) is 13.9. The number of nitrogens with zero attached hydrogens (tertiary/aromatic N) is 2. The molecule has 3 heterocycles. The van der Waals surface area contributed by atoms with Crippen molar-refractivity contribution in [3.8, 4) is 0 Å². The van der Waals surface area contributed by atoms with Crippen molar-refractivity contribution in [2.24, 2.45) is 0 Å². The minimum atomic E-state index is -0.497. The molecule has 25 heavy (non-hydrogen) atoms. The lowest BCUT2D eigenvalue weighted by molar-refractivity contribution is 0.0932. The first-order valence-electron chi connectivity index (χ1n) is 7.83. The molecule has 0 bridgehead atoms. The van der Waals surface area contributed by atoms with Crippen molar-refractivity contribution in [2.75, 3.05) is 5.75 Å². The van der Waals surface area contributed by atoms with Gasteiger partial charge in [0.15, 0.2) is 0 Å². The van der Waals surface area contributed by atoms with E-state index < -0.39 is 11.5 Å². The molecule has 126 valence electrons. The molecule has 1 atom stereocenters. The molecule has 0 spiro atoms. The topological polar surface area (TPSA) is 63.5 Å². The van der Waals surface area contributed by atoms with Crippen molar-refractivity contribution in [2.45, 2.75) is 17.4 Å². The van der Waals surface area contributed by atoms with Gasteiger partial charge in [-0.2, -0.15) is 0 Å². The zero-order chi connectivity index (χ0) is 17.4. The number of carbonyl (C=O) groups excluding carboxylic acids is 1. The van der Waals surface area contributed by atoms with E-state index in [0.29, 0.717) is 22.7 Å². The lowest BCUT2D eigenvalue weighted by Crippen LogP contribution is -2.35. The van der Waals surface area contributed by atoms with Crippen molar-refractivity contribution in [1.82, 2.24) is 14.7 Å². The molecule has 1 aliphatic heterocycles. The molecule has 0 aliphatic carbocycles. The number of carbonyl (C=O) groups is 1. The molecule has 1 N–H and O–H groups in total. The van der Waals surface area contributed by atoms with Crippen LogP contribution in [0.2, 0.25) is 0 Å². The Kier molecular flexibility index (Phi) is 4.01. The van der Waals surface area contributed by atoms with Gasteiger partial charge < -0.3 is 5.32 Å². The summed E-state index contributed by atoms with van der Waals surface area (Å²) in [5, 5.41) is 2.85. The largest absolute Gasteiger partial charge is 0.345 e. The van der Waals surface area contributed by atoms with E-state index in [1.807, 2.05) is 0 Å². The molecule has 1 aromatic carbocycles. The highest BCUT2D eigenvalue weighted by atomic mass is 32.2. The van der Waals surface area contributed by atoms with Gasteiger partial charge in [0.05, 0.1) is 6.04 Å². The number of hydrogen-bond acceptors (Lipinski definition) is 4. The minimum Gasteiger partial charge on any atom is -0.345 e. The Bertz CT molecular complexity index is 1030. The summed E-state index contributed by atoms with van der Waals surface area (Å²) in [6.07, 6.45) is 3.54. The Balaban J connectivity index is 1.67. The van der Waals surface area contributed by atoms with Gasteiger partial charge in [0.2, 0.25) is 0 Å². The molecule has 0 radical (unpaired) electrons. The third-order valence-corrected chi connectivity index (χ3v) is 5.35. The highest BCUT2D eigenvalue weighted by Gasteiger charge is 2.25. The van der Waals surface area contributed by atoms with Crippen LogP contribution in [0.3, 0.4) is 0 Å². The van der Waals surface area contributed by atoms with Gasteiger partial charge in [0.1, 0.15) is 17.0 Å². The van der Waals surface area contributed by atoms with Crippen LogP contribution in [0.5, 0.6) is 0 Å². The Morgan fingerprint density at radius 1 is 1.28 bits per heavy atom. The monoisotopic (exact) mass is 355 g/mol. The predicted octanol–water partition coefficient (Wildman–Crippen LogP) is 2.80. The van der Waals surface area contributed by atoms with Crippen molar-refractivity contribution in [1.29, 1.82) is 0 Å². The average molecular weight is 355 g/mol. The highest BCUT2D eigenvalue weighted by Crippen LogP contribution is 2.37. The van der Waals surface area contributed by atoms with Gasteiger partial charge in [-0.25, -0.2) is 9.37 Å². The van der Waals surface area contributed by atoms with Crippen molar-refractivity contribution >= 4 is 23.3 Å². The number of rotatable bonds is 2. The smallest absolute Gasteiger partial charge is 0.270 e. The third kappa shape index (κ3) is 2.80. The molecule has 5 nitrogen and oxygen atoms in total. The molecule has 7 heteroatoms. The number of hydrogen-bond donors (Lipinski definition) is 1. The number of halogens is 1. The number of pyridine rings is 1. The Hall–Kier alpha value is -2.67. The van der Waals surface area contributed by atoms with Gasteiger partial charge in [-0.15, -0.1) is 11.8 Å². The van der Waals surface area contributed by atoms with Gasteiger partial charge in [-0.3, -0.25) is 14.0 Å². The second-order valence-electron chi connectivity index (χ2n) is 5.73. The molecule has 2 aromatic heterocycles. The maximum absolute atomic E-state index is 13.9. The maximum Gasteiger partial charge on any atom is 0.270 e. The van der Waals surface area contributed by atoms with E-state index in [-0.39, 0.29) is 17.4 Å². The van der Waals surface area contributed by atoms with E-state index in [2.05, 4.69) is 10.3 Å². The summed E-state index contributed by atoms with van der Waals surface area (Å²) in [6.45, 7) is 0. The highest BCUT2D eigenvalue weighted by molar-refractivity contribution is 7.99. The van der Waals surface area contributed by atoms with Crippen molar-refractivity contribution in [3.63, 3.8) is 0 Å². The zero-order valence-electron chi connectivity index (χ0n) is 13.1. The fraction of sp³-hybridized carbons (Fsp3) is 0.167. The molecular formula is C18H14FN3O2S. The number of amides is 1. The fourth-order valence-corrected chi connectivity index (χ4v) is 4.10. The third-order valence-electron chi connectivity index (χ3n) is 4.19. The van der Waals surface area contributed by atoms with Crippen molar-refractivity contribution < 1.29 is 9.18 Å². The first-order chi connectivity index (χ1) is 12.1. The second-order valence-corrected chi connectivity index (χ2v) is 6.83. The Morgan fingerprint density at radius 3 is 3.04 bits per heavy atom. The number of nitrogens with one attached hydrogen (secondary N) is 1. The van der Waals surface area contributed by atoms with E-state index in [1.165, 1.54) is 28.4 Å². The van der Waals surface area contributed by atoms with Crippen LogP contribution in [0.1, 0.15) is 28.4 Å². The van der Waals surface area contributed by atoms with Crippen LogP contribution in [0, 0.1) is 5.82 Å². The molecular weight excluding hydrogens is 341 g/mol. The maximum atomic E-state index is 13.9. The number of thioether (sulfide) groups is 1. The lowest BCUT2D eigenvalue weighted by atomic mass is 10.0. The standard InChI is InChI=1S/C18H14FN3O2S/c19-13-5-3-4-11-14(7-9-25-16(11)13)21-17(23)12-10-20-15-6-1-2-8-22(15)18(12)24/h1-6,8,10,14H,7,9H2,(H,21,23). The molecule has 1 aliphatic rings. The van der Waals surface area contributed by atoms with Crippen molar-refractivity contribution in [3.05, 3.63) is 76.1 Å². The molecule has 3 aromatic rings. The summed E-state index contributed by atoms with van der Waals surface area (Å²) in [4.78, 5) is 29.8. The van der Waals surface area contributed by atoms with E-state index in [9.17, 15) is 14.0 Å². The van der Waals surface area contributed by atoms with Gasteiger partial charge in [0, 0.05) is 23.0 Å². The van der Waals surface area contributed by atoms with E-state index in [1.54, 1.807) is 36.5 Å². The molecule has 4 rings (SSSR count). The van der Waals surface area contributed by atoms with Crippen LogP contribution in [-0.4, -0.2) is 21.0 Å². The Labute approximate surface area is 146 Å². The fourth-order valence-electron chi connectivity index (χ4n) is 2.95. The average Bonchev–Trinajstić information content (AvgIpc) is 2.63. The molecule has 0 saturated carbocycles. The summed E-state index contributed by atoms with van der Waals surface area (Å²) < 4.78 is 15.3. The quantitative estimate of drug-likeness (QED) is 0.768. The molecule has 0 fully saturated rings. The summed E-state index contributed by atoms with van der Waals surface area (Å²) in [5.74, 6) is -0.0786. The molecule has 0 saturated heterocycles. The van der Waals surface area contributed by atoms with Crippen LogP contribution in [-0.2, 0) is 0 Å². The normalized spacial score (nSPS) is 16.4. The number of aromatic nitrogens is 2. The van der Waals surface area contributed by atoms with Crippen LogP contribution >= 0.6 is 11.8 Å². The van der Waals surface area contributed by atoms with E-state index in [0.717, 1.165) is 5.56 Å². The predicted molar refractivity (Wildman–Crippen MR) is 93.4 cm³/mol. The number of fused-ring (bicyclic) bond motifs is 2. The van der Waals surface area contributed by atoms with Gasteiger partial charge in [-0.05, 0) is 30.2 Å². The summed E-state index contributed by atoms with van der Waals surface area (Å²) >= 11 is 1.44.